The smallest absolute Gasteiger partial charge is 0.224 e. The first kappa shape index (κ1) is 24.0. The minimum Gasteiger partial charge on any atom is -0.356 e. The lowest BCUT2D eigenvalue weighted by Gasteiger charge is -2.24. The standard InChI is InChI=1S/C18H30N4OS.HI/c1-18(2,24-5)14-21-17(19-3)20-12-11-16(23)22(4)13-15-9-7-6-8-10-15;/h6-10H,11-14H2,1-5H3,(H2,19,20,21);1H. The zero-order valence-corrected chi connectivity index (χ0v) is 19.0. The highest BCUT2D eigenvalue weighted by atomic mass is 127. The Bertz CT molecular complexity index is 537. The lowest BCUT2D eigenvalue weighted by molar-refractivity contribution is -0.130. The van der Waals surface area contributed by atoms with Crippen molar-refractivity contribution in [3.63, 3.8) is 0 Å². The number of thioether (sulfide) groups is 1. The molecular formula is C18H31IN4OS. The second-order valence-corrected chi connectivity index (χ2v) is 7.82. The molecule has 0 saturated carbocycles. The predicted octanol–water partition coefficient (Wildman–Crippen LogP) is 2.96. The number of carbonyl (C=O) groups is 1. The maximum Gasteiger partial charge on any atom is 0.224 e. The molecule has 0 aliphatic heterocycles. The third kappa shape index (κ3) is 9.94. The molecule has 0 saturated heterocycles. The monoisotopic (exact) mass is 478 g/mol. The molecule has 0 atom stereocenters. The van der Waals surface area contributed by atoms with Crippen molar-refractivity contribution in [1.82, 2.24) is 15.5 Å². The first-order chi connectivity index (χ1) is 11.4. The van der Waals surface area contributed by atoms with Gasteiger partial charge in [-0.05, 0) is 25.7 Å². The number of rotatable bonds is 8. The van der Waals surface area contributed by atoms with Gasteiger partial charge in [-0.25, -0.2) is 0 Å². The molecule has 1 amide bonds. The summed E-state index contributed by atoms with van der Waals surface area (Å²) < 4.78 is 0.142. The first-order valence-electron chi connectivity index (χ1n) is 8.15. The minimum absolute atomic E-state index is 0. The topological polar surface area (TPSA) is 56.7 Å². The van der Waals surface area contributed by atoms with Gasteiger partial charge in [-0.1, -0.05) is 30.3 Å². The zero-order chi connectivity index (χ0) is 18.0. The molecule has 1 rings (SSSR count). The molecule has 7 heteroatoms. The molecule has 1 aromatic carbocycles. The summed E-state index contributed by atoms with van der Waals surface area (Å²) in [6.07, 6.45) is 2.54. The number of aliphatic imine (C=N–C) groups is 1. The van der Waals surface area contributed by atoms with Crippen LogP contribution in [0.15, 0.2) is 35.3 Å². The number of hydrogen-bond donors (Lipinski definition) is 2. The van der Waals surface area contributed by atoms with Gasteiger partial charge in [0.15, 0.2) is 5.96 Å². The maximum atomic E-state index is 12.2. The van der Waals surface area contributed by atoms with Gasteiger partial charge in [-0.3, -0.25) is 9.79 Å². The van der Waals surface area contributed by atoms with Gasteiger partial charge in [0.25, 0.3) is 0 Å². The summed E-state index contributed by atoms with van der Waals surface area (Å²) in [6, 6.07) is 10.0. The van der Waals surface area contributed by atoms with E-state index in [4.69, 9.17) is 0 Å². The summed E-state index contributed by atoms with van der Waals surface area (Å²) >= 11 is 1.81. The van der Waals surface area contributed by atoms with E-state index in [1.807, 2.05) is 49.1 Å². The molecule has 25 heavy (non-hydrogen) atoms. The van der Waals surface area contributed by atoms with Crippen LogP contribution in [0.25, 0.3) is 0 Å². The molecule has 0 aliphatic carbocycles. The Hall–Kier alpha value is -0.960. The van der Waals surface area contributed by atoms with Crippen LogP contribution in [0, 0.1) is 0 Å². The fraction of sp³-hybridized carbons (Fsp3) is 0.556. The first-order valence-corrected chi connectivity index (χ1v) is 9.38. The number of nitrogens with one attached hydrogen (secondary N) is 2. The van der Waals surface area contributed by atoms with E-state index in [1.54, 1.807) is 11.9 Å². The summed E-state index contributed by atoms with van der Waals surface area (Å²) in [5.74, 6) is 0.849. The maximum absolute atomic E-state index is 12.2. The summed E-state index contributed by atoms with van der Waals surface area (Å²) in [5.41, 5.74) is 1.14. The molecule has 0 aliphatic rings. The van der Waals surface area contributed by atoms with E-state index in [9.17, 15) is 4.79 Å². The molecule has 0 fully saturated rings. The molecule has 1 aromatic rings. The van der Waals surface area contributed by atoms with E-state index in [2.05, 4.69) is 35.7 Å². The van der Waals surface area contributed by atoms with Crippen molar-refractivity contribution in [2.45, 2.75) is 31.6 Å². The third-order valence-electron chi connectivity index (χ3n) is 3.78. The van der Waals surface area contributed by atoms with Crippen molar-refractivity contribution in [2.75, 3.05) is 33.4 Å². The number of guanidine groups is 1. The number of benzene rings is 1. The SMILES string of the molecule is CN=C(NCCC(=O)N(C)Cc1ccccc1)NCC(C)(C)SC.I. The van der Waals surface area contributed by atoms with Crippen LogP contribution in [0.4, 0.5) is 0 Å². The van der Waals surface area contributed by atoms with Crippen LogP contribution in [0.2, 0.25) is 0 Å². The number of amides is 1. The highest BCUT2D eigenvalue weighted by Crippen LogP contribution is 2.19. The van der Waals surface area contributed by atoms with Gasteiger partial charge >= 0.3 is 0 Å². The van der Waals surface area contributed by atoms with Crippen molar-refractivity contribution in [1.29, 1.82) is 0 Å². The Morgan fingerprint density at radius 1 is 1.24 bits per heavy atom. The Balaban J connectivity index is 0.00000576. The summed E-state index contributed by atoms with van der Waals surface area (Å²) in [4.78, 5) is 18.2. The van der Waals surface area contributed by atoms with Gasteiger partial charge in [0.2, 0.25) is 5.91 Å². The predicted molar refractivity (Wildman–Crippen MR) is 120 cm³/mol. The van der Waals surface area contributed by atoms with Crippen molar-refractivity contribution < 1.29 is 4.79 Å². The lowest BCUT2D eigenvalue weighted by Crippen LogP contribution is -2.44. The van der Waals surface area contributed by atoms with E-state index in [-0.39, 0.29) is 34.6 Å². The molecule has 0 heterocycles. The molecule has 142 valence electrons. The van der Waals surface area contributed by atoms with Crippen molar-refractivity contribution >= 4 is 47.6 Å². The van der Waals surface area contributed by atoms with Crippen molar-refractivity contribution in [3.05, 3.63) is 35.9 Å². The van der Waals surface area contributed by atoms with Gasteiger partial charge in [-0.2, -0.15) is 11.8 Å². The second-order valence-electron chi connectivity index (χ2n) is 6.30. The highest BCUT2D eigenvalue weighted by Gasteiger charge is 2.16. The molecular weight excluding hydrogens is 447 g/mol. The van der Waals surface area contributed by atoms with Crippen LogP contribution in [-0.2, 0) is 11.3 Å². The largest absolute Gasteiger partial charge is 0.356 e. The Kier molecular flexibility index (Phi) is 11.9. The van der Waals surface area contributed by atoms with Crippen LogP contribution in [0.3, 0.4) is 0 Å². The van der Waals surface area contributed by atoms with Crippen LogP contribution in [0.5, 0.6) is 0 Å². The fourth-order valence-corrected chi connectivity index (χ4v) is 2.23. The zero-order valence-electron chi connectivity index (χ0n) is 15.8. The lowest BCUT2D eigenvalue weighted by atomic mass is 10.2. The van der Waals surface area contributed by atoms with Crippen LogP contribution in [-0.4, -0.2) is 55.0 Å². The van der Waals surface area contributed by atoms with E-state index >= 15 is 0 Å². The summed E-state index contributed by atoms with van der Waals surface area (Å²) in [5, 5.41) is 6.49. The number of nitrogens with zero attached hydrogens (tertiary/aromatic N) is 2. The molecule has 0 bridgehead atoms. The number of carbonyl (C=O) groups excluding carboxylic acids is 1. The van der Waals surface area contributed by atoms with Gasteiger partial charge in [-0.15, -0.1) is 24.0 Å². The Morgan fingerprint density at radius 2 is 1.88 bits per heavy atom. The Morgan fingerprint density at radius 3 is 2.44 bits per heavy atom. The average Bonchev–Trinajstić information content (AvgIpc) is 2.58. The summed E-state index contributed by atoms with van der Waals surface area (Å²) in [7, 11) is 3.58. The van der Waals surface area contributed by atoms with Crippen LogP contribution in [0.1, 0.15) is 25.8 Å². The third-order valence-corrected chi connectivity index (χ3v) is 5.03. The average molecular weight is 478 g/mol. The molecule has 2 N–H and O–H groups in total. The van der Waals surface area contributed by atoms with E-state index in [0.717, 1.165) is 18.1 Å². The molecule has 0 spiro atoms. The van der Waals surface area contributed by atoms with E-state index in [1.165, 1.54) is 0 Å². The minimum atomic E-state index is 0. The van der Waals surface area contributed by atoms with Crippen LogP contribution < -0.4 is 10.6 Å². The molecule has 0 aromatic heterocycles. The van der Waals surface area contributed by atoms with Gasteiger partial charge in [0.1, 0.15) is 0 Å². The molecule has 0 unspecified atom stereocenters. The fourth-order valence-electron chi connectivity index (χ4n) is 2.01. The van der Waals surface area contributed by atoms with E-state index < -0.39 is 0 Å². The van der Waals surface area contributed by atoms with Gasteiger partial charge in [0.05, 0.1) is 0 Å². The van der Waals surface area contributed by atoms with Crippen molar-refractivity contribution in [2.24, 2.45) is 4.99 Å². The van der Waals surface area contributed by atoms with Crippen LogP contribution >= 0.6 is 35.7 Å². The van der Waals surface area contributed by atoms with Crippen molar-refractivity contribution in [3.8, 4) is 0 Å². The second kappa shape index (κ2) is 12.4. The molecule has 0 radical (unpaired) electrons. The summed E-state index contributed by atoms with van der Waals surface area (Å²) in [6.45, 7) is 6.38. The number of halogens is 1. The highest BCUT2D eigenvalue weighted by molar-refractivity contribution is 14.0. The number of hydrogen-bond acceptors (Lipinski definition) is 3. The quantitative estimate of drug-likeness (QED) is 0.343. The normalized spacial score (nSPS) is 11.5. The van der Waals surface area contributed by atoms with Gasteiger partial charge < -0.3 is 15.5 Å². The van der Waals surface area contributed by atoms with E-state index in [0.29, 0.717) is 19.5 Å². The molecule has 5 nitrogen and oxygen atoms in total. The van der Waals surface area contributed by atoms with Gasteiger partial charge in [0, 0.05) is 44.9 Å². The Labute approximate surface area is 173 Å².